The van der Waals surface area contributed by atoms with Crippen LogP contribution < -0.4 is 10.2 Å². The molecule has 148 valence electrons. The van der Waals surface area contributed by atoms with E-state index >= 15 is 0 Å². The molecule has 2 aliphatic heterocycles. The van der Waals surface area contributed by atoms with E-state index in [4.69, 9.17) is 23.2 Å². The van der Waals surface area contributed by atoms with Crippen molar-refractivity contribution in [2.24, 2.45) is 0 Å². The van der Waals surface area contributed by atoms with Crippen molar-refractivity contribution in [1.82, 2.24) is 4.90 Å². The van der Waals surface area contributed by atoms with Gasteiger partial charge in [-0.3, -0.25) is 14.4 Å². The third-order valence-electron chi connectivity index (χ3n) is 4.89. The van der Waals surface area contributed by atoms with Crippen molar-refractivity contribution in [1.29, 1.82) is 0 Å². The number of carbonyl (C=O) groups is 3. The first-order valence-corrected chi connectivity index (χ1v) is 9.92. The zero-order chi connectivity index (χ0) is 20.5. The zero-order valence-corrected chi connectivity index (χ0v) is 16.8. The summed E-state index contributed by atoms with van der Waals surface area (Å²) in [7, 11) is 0. The molecule has 29 heavy (non-hydrogen) atoms. The van der Waals surface area contributed by atoms with Gasteiger partial charge >= 0.3 is 0 Å². The maximum Gasteiger partial charge on any atom is 0.283 e. The molecule has 2 aliphatic rings. The van der Waals surface area contributed by atoms with E-state index in [2.05, 4.69) is 5.32 Å². The number of carbonyl (C=O) groups excluding carboxylic acids is 3. The zero-order valence-electron chi connectivity index (χ0n) is 15.3. The molecule has 8 heteroatoms. The minimum Gasteiger partial charge on any atom is -0.350 e. The summed E-state index contributed by atoms with van der Waals surface area (Å²) in [5.74, 6) is -1.20. The molecule has 4 rings (SSSR count). The number of anilines is 2. The highest BCUT2D eigenvalue weighted by atomic mass is 35.5. The Bertz CT molecular complexity index is 1030. The Kier molecular flexibility index (Phi) is 5.30. The molecule has 0 unspecified atom stereocenters. The third-order valence-corrected chi connectivity index (χ3v) is 5.47. The molecule has 0 bridgehead atoms. The van der Waals surface area contributed by atoms with Gasteiger partial charge in [0.1, 0.15) is 10.7 Å². The number of amides is 3. The van der Waals surface area contributed by atoms with Gasteiger partial charge in [0.25, 0.3) is 17.7 Å². The van der Waals surface area contributed by atoms with Crippen molar-refractivity contribution in [2.75, 3.05) is 23.3 Å². The van der Waals surface area contributed by atoms with Gasteiger partial charge in [-0.25, -0.2) is 4.90 Å². The smallest absolute Gasteiger partial charge is 0.283 e. The lowest BCUT2D eigenvalue weighted by Crippen LogP contribution is -2.32. The van der Waals surface area contributed by atoms with E-state index in [0.29, 0.717) is 22.0 Å². The third kappa shape index (κ3) is 3.73. The number of halogens is 2. The van der Waals surface area contributed by atoms with Gasteiger partial charge in [0.15, 0.2) is 0 Å². The predicted octanol–water partition coefficient (Wildman–Crippen LogP) is 4.01. The summed E-state index contributed by atoms with van der Waals surface area (Å²) in [4.78, 5) is 40.5. The second-order valence-corrected chi connectivity index (χ2v) is 7.63. The van der Waals surface area contributed by atoms with Crippen LogP contribution in [-0.2, 0) is 9.59 Å². The second kappa shape index (κ2) is 7.89. The molecule has 1 fully saturated rings. The van der Waals surface area contributed by atoms with E-state index in [-0.39, 0.29) is 16.6 Å². The molecule has 0 atom stereocenters. The highest BCUT2D eigenvalue weighted by molar-refractivity contribution is 6.53. The summed E-state index contributed by atoms with van der Waals surface area (Å²) < 4.78 is 0. The van der Waals surface area contributed by atoms with E-state index < -0.39 is 11.8 Å². The fraction of sp³-hybridized carbons (Fsp3) is 0.190. The van der Waals surface area contributed by atoms with Crippen molar-refractivity contribution in [2.45, 2.75) is 12.8 Å². The Morgan fingerprint density at radius 3 is 2.28 bits per heavy atom. The van der Waals surface area contributed by atoms with Crippen LogP contribution in [0.3, 0.4) is 0 Å². The highest BCUT2D eigenvalue weighted by Crippen LogP contribution is 2.31. The lowest BCUT2D eigenvalue weighted by molar-refractivity contribution is -0.120. The number of hydrogen-bond donors (Lipinski definition) is 1. The number of imide groups is 1. The maximum absolute atomic E-state index is 12.8. The first kappa shape index (κ1) is 19.5. The second-order valence-electron chi connectivity index (χ2n) is 6.82. The summed E-state index contributed by atoms with van der Waals surface area (Å²) >= 11 is 12.1. The minimum atomic E-state index is -0.623. The van der Waals surface area contributed by atoms with Crippen LogP contribution in [0.1, 0.15) is 23.2 Å². The Morgan fingerprint density at radius 2 is 1.62 bits per heavy atom. The summed E-state index contributed by atoms with van der Waals surface area (Å²) in [6.45, 7) is 1.55. The average Bonchev–Trinajstić information content (AvgIpc) is 3.32. The van der Waals surface area contributed by atoms with Gasteiger partial charge in [0, 0.05) is 29.4 Å². The summed E-state index contributed by atoms with van der Waals surface area (Å²) in [5, 5.41) is 3.10. The molecule has 0 spiro atoms. The van der Waals surface area contributed by atoms with E-state index in [1.54, 1.807) is 42.5 Å². The van der Waals surface area contributed by atoms with E-state index in [9.17, 15) is 14.4 Å². The fourth-order valence-electron chi connectivity index (χ4n) is 3.40. The van der Waals surface area contributed by atoms with E-state index in [1.165, 1.54) is 6.07 Å². The van der Waals surface area contributed by atoms with Crippen molar-refractivity contribution in [3.8, 4) is 0 Å². The summed E-state index contributed by atoms with van der Waals surface area (Å²) in [6.07, 6.45) is 2.05. The van der Waals surface area contributed by atoms with Crippen LogP contribution in [0, 0.1) is 0 Å². The van der Waals surface area contributed by atoms with Crippen LogP contribution in [0.2, 0.25) is 5.02 Å². The highest BCUT2D eigenvalue weighted by Gasteiger charge is 2.39. The number of hydrogen-bond acceptors (Lipinski definition) is 4. The van der Waals surface area contributed by atoms with Crippen molar-refractivity contribution in [3.05, 3.63) is 69.8 Å². The predicted molar refractivity (Wildman–Crippen MR) is 112 cm³/mol. The molecular weight excluding hydrogens is 413 g/mol. The van der Waals surface area contributed by atoms with Gasteiger partial charge in [-0.15, -0.1) is 0 Å². The Labute approximate surface area is 177 Å². The van der Waals surface area contributed by atoms with Crippen molar-refractivity contribution >= 4 is 52.3 Å². The lowest BCUT2D eigenvalue weighted by Gasteiger charge is -2.16. The monoisotopic (exact) mass is 429 g/mol. The fourth-order valence-corrected chi connectivity index (χ4v) is 3.80. The molecule has 1 N–H and O–H groups in total. The van der Waals surface area contributed by atoms with Gasteiger partial charge in [0.05, 0.1) is 5.69 Å². The number of nitrogens with one attached hydrogen (secondary N) is 1. The summed E-state index contributed by atoms with van der Waals surface area (Å²) in [6, 6.07) is 13.2. The lowest BCUT2D eigenvalue weighted by atomic mass is 10.2. The number of likely N-dealkylation sites (tertiary alicyclic amines) is 1. The average molecular weight is 430 g/mol. The van der Waals surface area contributed by atoms with Crippen LogP contribution in [0.25, 0.3) is 0 Å². The molecule has 0 aromatic heterocycles. The largest absolute Gasteiger partial charge is 0.350 e. The number of nitrogens with zero attached hydrogens (tertiary/aromatic N) is 2. The van der Waals surface area contributed by atoms with Crippen LogP contribution in [0.4, 0.5) is 11.4 Å². The normalized spacial score (nSPS) is 16.8. The van der Waals surface area contributed by atoms with Crippen molar-refractivity contribution < 1.29 is 14.4 Å². The van der Waals surface area contributed by atoms with Crippen LogP contribution in [0.5, 0.6) is 0 Å². The SMILES string of the molecule is O=C(c1ccc(NC2=C(Cl)C(=O)N(c3cccc(Cl)c3)C2=O)cc1)N1CCCC1. The quantitative estimate of drug-likeness (QED) is 0.745. The maximum atomic E-state index is 12.8. The number of benzene rings is 2. The molecular formula is C21H17Cl2N3O3. The number of rotatable bonds is 4. The Morgan fingerprint density at radius 1 is 0.931 bits per heavy atom. The van der Waals surface area contributed by atoms with Crippen molar-refractivity contribution in [3.63, 3.8) is 0 Å². The molecule has 2 aromatic rings. The molecule has 1 saturated heterocycles. The van der Waals surface area contributed by atoms with Gasteiger partial charge in [0.2, 0.25) is 0 Å². The topological polar surface area (TPSA) is 69.7 Å². The summed E-state index contributed by atoms with van der Waals surface area (Å²) in [5.41, 5.74) is 1.45. The minimum absolute atomic E-state index is 0.00875. The van der Waals surface area contributed by atoms with Gasteiger partial charge in [-0.1, -0.05) is 29.3 Å². The molecule has 2 heterocycles. The van der Waals surface area contributed by atoms with Crippen LogP contribution >= 0.6 is 23.2 Å². The van der Waals surface area contributed by atoms with Crippen LogP contribution in [-0.4, -0.2) is 35.7 Å². The molecule has 3 amide bonds. The Balaban J connectivity index is 1.52. The standard InChI is InChI=1S/C21H17Cl2N3O3/c22-14-4-3-5-16(12-14)26-20(28)17(23)18(21(26)29)24-15-8-6-13(7-9-15)19(27)25-10-1-2-11-25/h3-9,12,24H,1-2,10-11H2. The van der Waals surface area contributed by atoms with Gasteiger partial charge < -0.3 is 10.2 Å². The molecule has 0 saturated carbocycles. The van der Waals surface area contributed by atoms with Gasteiger partial charge in [-0.2, -0.15) is 0 Å². The first-order valence-electron chi connectivity index (χ1n) is 9.16. The molecule has 0 aliphatic carbocycles. The van der Waals surface area contributed by atoms with E-state index in [0.717, 1.165) is 30.8 Å². The van der Waals surface area contributed by atoms with Gasteiger partial charge in [-0.05, 0) is 55.3 Å². The molecule has 0 radical (unpaired) electrons. The Hall–Kier alpha value is -2.83. The van der Waals surface area contributed by atoms with Crippen LogP contribution in [0.15, 0.2) is 59.3 Å². The van der Waals surface area contributed by atoms with E-state index in [1.807, 2.05) is 4.90 Å². The molecule has 2 aromatic carbocycles. The first-order chi connectivity index (χ1) is 14.0. The molecule has 6 nitrogen and oxygen atoms in total.